The number of hydrogen-bond acceptors (Lipinski definition) is 6. The van der Waals surface area contributed by atoms with Crippen LogP contribution >= 0.6 is 0 Å². The van der Waals surface area contributed by atoms with Gasteiger partial charge in [0, 0.05) is 45.3 Å². The lowest BCUT2D eigenvalue weighted by Gasteiger charge is -2.42. The smallest absolute Gasteiger partial charge is 0.142 e. The normalized spacial score (nSPS) is 21.4. The van der Waals surface area contributed by atoms with Crippen LogP contribution in [0, 0.1) is 4.91 Å². The summed E-state index contributed by atoms with van der Waals surface area (Å²) in [6, 6.07) is 6.05. The van der Waals surface area contributed by atoms with Crippen molar-refractivity contribution in [2.75, 3.05) is 58.3 Å². The minimum absolute atomic E-state index is 0.460. The second kappa shape index (κ2) is 7.27. The topological polar surface area (TPSA) is 48.4 Å². The summed E-state index contributed by atoms with van der Waals surface area (Å²) in [4.78, 5) is 18.2. The molecular formula is C17H26N4O2. The van der Waals surface area contributed by atoms with Gasteiger partial charge in [0.15, 0.2) is 0 Å². The quantitative estimate of drug-likeness (QED) is 0.797. The van der Waals surface area contributed by atoms with Gasteiger partial charge in [0.25, 0.3) is 0 Å². The lowest BCUT2D eigenvalue weighted by molar-refractivity contribution is 0.0981. The van der Waals surface area contributed by atoms with Crippen LogP contribution in [0.1, 0.15) is 12.8 Å². The molecule has 0 aliphatic carbocycles. The highest BCUT2D eigenvalue weighted by molar-refractivity contribution is 5.65. The summed E-state index contributed by atoms with van der Waals surface area (Å²) in [6.45, 7) is 6.68. The fraction of sp³-hybridized carbons (Fsp3) is 0.647. The number of rotatable bonds is 4. The van der Waals surface area contributed by atoms with Crippen LogP contribution in [0.25, 0.3) is 0 Å². The Balaban J connectivity index is 1.63. The van der Waals surface area contributed by atoms with Gasteiger partial charge in [-0.3, -0.25) is 4.90 Å². The minimum atomic E-state index is 0.460. The second-order valence-electron chi connectivity index (χ2n) is 6.50. The molecule has 0 spiro atoms. The van der Waals surface area contributed by atoms with Gasteiger partial charge in [0.2, 0.25) is 0 Å². The van der Waals surface area contributed by atoms with Crippen molar-refractivity contribution in [2.24, 2.45) is 5.18 Å². The van der Waals surface area contributed by atoms with Gasteiger partial charge >= 0.3 is 0 Å². The summed E-state index contributed by atoms with van der Waals surface area (Å²) in [5.41, 5.74) is 1.45. The van der Waals surface area contributed by atoms with Crippen LogP contribution in [-0.4, -0.2) is 69.3 Å². The zero-order valence-electron chi connectivity index (χ0n) is 14.1. The average Bonchev–Trinajstić information content (AvgIpc) is 2.62. The molecule has 0 amide bonds. The number of nitroso groups, excluding NO2 is 1. The van der Waals surface area contributed by atoms with E-state index >= 15 is 0 Å². The number of anilines is 1. The molecule has 0 unspecified atom stereocenters. The van der Waals surface area contributed by atoms with Gasteiger partial charge in [-0.1, -0.05) is 0 Å². The van der Waals surface area contributed by atoms with E-state index in [1.165, 1.54) is 26.2 Å². The average molecular weight is 318 g/mol. The first kappa shape index (κ1) is 16.2. The van der Waals surface area contributed by atoms with Crippen molar-refractivity contribution in [3.8, 4) is 5.75 Å². The molecular weight excluding hydrogens is 292 g/mol. The van der Waals surface area contributed by atoms with Crippen LogP contribution in [0.3, 0.4) is 0 Å². The van der Waals surface area contributed by atoms with Crippen molar-refractivity contribution in [2.45, 2.75) is 18.9 Å². The lowest BCUT2D eigenvalue weighted by Crippen LogP contribution is -2.52. The van der Waals surface area contributed by atoms with Crippen LogP contribution in [0.15, 0.2) is 23.4 Å². The van der Waals surface area contributed by atoms with E-state index in [4.69, 9.17) is 4.74 Å². The Bertz CT molecular complexity index is 535. The fourth-order valence-corrected chi connectivity index (χ4v) is 3.64. The summed E-state index contributed by atoms with van der Waals surface area (Å²) in [5, 5.41) is 3.05. The highest BCUT2D eigenvalue weighted by Gasteiger charge is 2.27. The number of benzene rings is 1. The van der Waals surface area contributed by atoms with Crippen molar-refractivity contribution in [1.82, 2.24) is 9.80 Å². The van der Waals surface area contributed by atoms with Gasteiger partial charge in [-0.05, 0) is 43.3 Å². The van der Waals surface area contributed by atoms with Crippen molar-refractivity contribution in [3.05, 3.63) is 23.1 Å². The third-order valence-corrected chi connectivity index (χ3v) is 5.13. The van der Waals surface area contributed by atoms with Gasteiger partial charge in [0.05, 0.1) is 12.8 Å². The molecule has 0 radical (unpaired) electrons. The van der Waals surface area contributed by atoms with Crippen LogP contribution in [0.2, 0.25) is 0 Å². The van der Waals surface area contributed by atoms with E-state index in [9.17, 15) is 4.91 Å². The Kier molecular flexibility index (Phi) is 5.13. The lowest BCUT2D eigenvalue weighted by atomic mass is 10.0. The molecule has 1 aromatic carbocycles. The molecule has 2 saturated heterocycles. The maximum absolute atomic E-state index is 10.8. The van der Waals surface area contributed by atoms with Gasteiger partial charge in [-0.25, -0.2) is 0 Å². The maximum Gasteiger partial charge on any atom is 0.142 e. The second-order valence-corrected chi connectivity index (χ2v) is 6.50. The largest absolute Gasteiger partial charge is 0.495 e. The molecule has 6 heteroatoms. The van der Waals surface area contributed by atoms with E-state index in [0.717, 1.165) is 37.4 Å². The zero-order chi connectivity index (χ0) is 16.2. The molecule has 2 fully saturated rings. The standard InChI is InChI=1S/C17H26N4O2/c1-19-9-11-20(12-10-19)15-5-7-21(8-6-15)16-13-14(18-22)3-4-17(16)23-2/h3-4,13,15H,5-12H2,1-2H3. The maximum atomic E-state index is 10.8. The molecule has 3 rings (SSSR count). The number of likely N-dealkylation sites (N-methyl/N-ethyl adjacent to an activating group) is 1. The molecule has 0 atom stereocenters. The van der Waals surface area contributed by atoms with Crippen molar-refractivity contribution in [1.29, 1.82) is 0 Å². The van der Waals surface area contributed by atoms with Gasteiger partial charge in [-0.15, -0.1) is 4.91 Å². The summed E-state index contributed by atoms with van der Waals surface area (Å²) >= 11 is 0. The van der Waals surface area contributed by atoms with E-state index in [1.54, 1.807) is 13.2 Å². The predicted octanol–water partition coefficient (Wildman–Crippen LogP) is 2.31. The van der Waals surface area contributed by atoms with Crippen LogP contribution in [-0.2, 0) is 0 Å². The minimum Gasteiger partial charge on any atom is -0.495 e. The first-order chi connectivity index (χ1) is 11.2. The van der Waals surface area contributed by atoms with Crippen LogP contribution < -0.4 is 9.64 Å². The van der Waals surface area contributed by atoms with E-state index < -0.39 is 0 Å². The Hall–Kier alpha value is -1.66. The molecule has 126 valence electrons. The number of piperidine rings is 1. The molecule has 6 nitrogen and oxygen atoms in total. The Morgan fingerprint density at radius 2 is 1.78 bits per heavy atom. The van der Waals surface area contributed by atoms with Crippen molar-refractivity contribution < 1.29 is 4.74 Å². The molecule has 0 aromatic heterocycles. The fourth-order valence-electron chi connectivity index (χ4n) is 3.64. The van der Waals surface area contributed by atoms with Gasteiger partial charge in [-0.2, -0.15) is 0 Å². The highest BCUT2D eigenvalue weighted by Crippen LogP contribution is 2.34. The Labute approximate surface area is 138 Å². The third kappa shape index (κ3) is 3.64. The molecule has 2 aliphatic heterocycles. The zero-order valence-corrected chi connectivity index (χ0v) is 14.1. The van der Waals surface area contributed by atoms with Crippen LogP contribution in [0.4, 0.5) is 11.4 Å². The first-order valence-electron chi connectivity index (χ1n) is 8.40. The number of piperazine rings is 1. The van der Waals surface area contributed by atoms with Gasteiger partial charge < -0.3 is 14.5 Å². The molecule has 1 aromatic rings. The van der Waals surface area contributed by atoms with E-state index in [1.807, 2.05) is 12.1 Å². The number of methoxy groups -OCH3 is 1. The summed E-state index contributed by atoms with van der Waals surface area (Å²) in [6.07, 6.45) is 2.32. The monoisotopic (exact) mass is 318 g/mol. The van der Waals surface area contributed by atoms with Gasteiger partial charge in [0.1, 0.15) is 11.4 Å². The summed E-state index contributed by atoms with van der Waals surface area (Å²) in [5.74, 6) is 0.815. The van der Waals surface area contributed by atoms with E-state index in [-0.39, 0.29) is 0 Å². The first-order valence-corrected chi connectivity index (χ1v) is 8.40. The van der Waals surface area contributed by atoms with Crippen LogP contribution in [0.5, 0.6) is 5.75 Å². The molecule has 0 bridgehead atoms. The number of hydrogen-bond donors (Lipinski definition) is 0. The molecule has 0 N–H and O–H groups in total. The van der Waals surface area contributed by atoms with E-state index in [2.05, 4.69) is 26.9 Å². The van der Waals surface area contributed by atoms with Crippen molar-refractivity contribution >= 4 is 11.4 Å². The molecule has 0 saturated carbocycles. The molecule has 2 aliphatic rings. The SMILES string of the molecule is COc1ccc(N=O)cc1N1CCC(N2CCN(C)CC2)CC1. The Morgan fingerprint density at radius 1 is 1.09 bits per heavy atom. The third-order valence-electron chi connectivity index (χ3n) is 5.13. The Morgan fingerprint density at radius 3 is 2.39 bits per heavy atom. The molecule has 23 heavy (non-hydrogen) atoms. The van der Waals surface area contributed by atoms with Crippen molar-refractivity contribution in [3.63, 3.8) is 0 Å². The molecule has 2 heterocycles. The number of ether oxygens (including phenoxy) is 1. The summed E-state index contributed by atoms with van der Waals surface area (Å²) < 4.78 is 5.45. The summed E-state index contributed by atoms with van der Waals surface area (Å²) in [7, 11) is 3.87. The van der Waals surface area contributed by atoms with E-state index in [0.29, 0.717) is 11.7 Å². The highest BCUT2D eigenvalue weighted by atomic mass is 16.5. The number of nitrogens with zero attached hydrogens (tertiary/aromatic N) is 4. The predicted molar refractivity (Wildman–Crippen MR) is 92.8 cm³/mol.